The molecule has 0 aliphatic carbocycles. The number of piperidine rings is 1. The van der Waals surface area contributed by atoms with Crippen molar-refractivity contribution in [2.75, 3.05) is 13.1 Å². The molecule has 4 heteroatoms. The van der Waals surface area contributed by atoms with Crippen LogP contribution in [0.2, 0.25) is 0 Å². The molecule has 3 rings (SSSR count). The predicted molar refractivity (Wildman–Crippen MR) is 75.3 cm³/mol. The molecule has 4 nitrogen and oxygen atoms in total. The highest BCUT2D eigenvalue weighted by Gasteiger charge is 2.19. The summed E-state index contributed by atoms with van der Waals surface area (Å²) in [7, 11) is 0. The van der Waals surface area contributed by atoms with E-state index in [1.165, 1.54) is 12.8 Å². The van der Waals surface area contributed by atoms with E-state index in [2.05, 4.69) is 12.2 Å². The molecule has 1 saturated heterocycles. The summed E-state index contributed by atoms with van der Waals surface area (Å²) < 4.78 is 1.87. The topological polar surface area (TPSA) is 46.9 Å². The van der Waals surface area contributed by atoms with Gasteiger partial charge in [-0.3, -0.25) is 9.36 Å². The highest BCUT2D eigenvalue weighted by Crippen LogP contribution is 2.18. The number of rotatable bonds is 2. The molecule has 1 aromatic heterocycles. The molecule has 1 fully saturated rings. The van der Waals surface area contributed by atoms with E-state index in [-0.39, 0.29) is 5.56 Å². The molecule has 2 aliphatic rings. The number of aromatic nitrogens is 2. The molecule has 0 radical (unpaired) electrons. The summed E-state index contributed by atoms with van der Waals surface area (Å²) in [6, 6.07) is 1.76. The second-order valence-corrected chi connectivity index (χ2v) is 6.17. The minimum Gasteiger partial charge on any atom is -0.316 e. The van der Waals surface area contributed by atoms with Crippen LogP contribution in [0.1, 0.15) is 37.7 Å². The van der Waals surface area contributed by atoms with Gasteiger partial charge in [-0.25, -0.2) is 4.98 Å². The van der Waals surface area contributed by atoms with E-state index in [0.29, 0.717) is 11.8 Å². The maximum absolute atomic E-state index is 12.2. The first-order valence-corrected chi connectivity index (χ1v) is 7.52. The van der Waals surface area contributed by atoms with Crippen LogP contribution >= 0.6 is 0 Å². The third-order valence-electron chi connectivity index (χ3n) is 4.39. The third kappa shape index (κ3) is 2.89. The van der Waals surface area contributed by atoms with Gasteiger partial charge in [-0.15, -0.1) is 0 Å². The Morgan fingerprint density at radius 2 is 2.37 bits per heavy atom. The normalized spacial score (nSPS) is 27.0. The first kappa shape index (κ1) is 12.9. The number of hydrogen-bond acceptors (Lipinski definition) is 3. The van der Waals surface area contributed by atoms with Crippen LogP contribution in [0, 0.1) is 11.8 Å². The largest absolute Gasteiger partial charge is 0.316 e. The molecular formula is C15H23N3O. The maximum Gasteiger partial charge on any atom is 0.253 e. The fraction of sp³-hybridized carbons (Fsp3) is 0.733. The van der Waals surface area contributed by atoms with E-state index in [4.69, 9.17) is 4.98 Å². The Bertz CT molecular complexity index is 503. The molecule has 0 spiro atoms. The Balaban J connectivity index is 1.79. The summed E-state index contributed by atoms with van der Waals surface area (Å²) in [5.74, 6) is 2.25. The minimum atomic E-state index is 0.148. The number of aryl methyl sites for hydroxylation is 1. The molecule has 104 valence electrons. The highest BCUT2D eigenvalue weighted by molar-refractivity contribution is 5.08. The van der Waals surface area contributed by atoms with Crippen molar-refractivity contribution < 1.29 is 0 Å². The number of nitrogens with zero attached hydrogens (tertiary/aromatic N) is 2. The van der Waals surface area contributed by atoms with Crippen LogP contribution in [-0.4, -0.2) is 22.6 Å². The van der Waals surface area contributed by atoms with Crippen molar-refractivity contribution in [3.05, 3.63) is 27.9 Å². The molecular weight excluding hydrogens is 238 g/mol. The molecule has 19 heavy (non-hydrogen) atoms. The molecule has 0 saturated carbocycles. The van der Waals surface area contributed by atoms with E-state index in [1.54, 1.807) is 6.07 Å². The van der Waals surface area contributed by atoms with Crippen molar-refractivity contribution in [1.29, 1.82) is 0 Å². The van der Waals surface area contributed by atoms with Crippen LogP contribution in [0.3, 0.4) is 0 Å². The zero-order valence-corrected chi connectivity index (χ0v) is 11.7. The van der Waals surface area contributed by atoms with Crippen LogP contribution in [0.25, 0.3) is 0 Å². The lowest BCUT2D eigenvalue weighted by molar-refractivity contribution is 0.362. The van der Waals surface area contributed by atoms with E-state index in [1.807, 2.05) is 4.57 Å². The zero-order valence-electron chi connectivity index (χ0n) is 11.7. The van der Waals surface area contributed by atoms with E-state index >= 15 is 0 Å². The van der Waals surface area contributed by atoms with Gasteiger partial charge in [0.05, 0.1) is 0 Å². The van der Waals surface area contributed by atoms with Crippen molar-refractivity contribution in [3.63, 3.8) is 0 Å². The molecule has 0 aromatic carbocycles. The van der Waals surface area contributed by atoms with Crippen molar-refractivity contribution in [3.8, 4) is 0 Å². The standard InChI is InChI=1S/C15H23N3O/c1-11-4-5-14-17-13(8-15(19)18(14)10-11)7-12-3-2-6-16-9-12/h8,11-12,16H,2-7,9-10H2,1H3. The maximum atomic E-state index is 12.2. The molecule has 0 amide bonds. The summed E-state index contributed by atoms with van der Waals surface area (Å²) in [4.78, 5) is 16.9. The average molecular weight is 261 g/mol. The highest BCUT2D eigenvalue weighted by atomic mass is 16.1. The average Bonchev–Trinajstić information content (AvgIpc) is 2.41. The quantitative estimate of drug-likeness (QED) is 0.874. The summed E-state index contributed by atoms with van der Waals surface area (Å²) in [6.45, 7) is 5.25. The third-order valence-corrected chi connectivity index (χ3v) is 4.39. The lowest BCUT2D eigenvalue weighted by Crippen LogP contribution is -2.34. The summed E-state index contributed by atoms with van der Waals surface area (Å²) in [5, 5.41) is 3.43. The molecule has 0 bridgehead atoms. The van der Waals surface area contributed by atoms with Gasteiger partial charge in [0.15, 0.2) is 0 Å². The number of nitrogens with one attached hydrogen (secondary N) is 1. The fourth-order valence-electron chi connectivity index (χ4n) is 3.27. The van der Waals surface area contributed by atoms with Gasteiger partial charge >= 0.3 is 0 Å². The lowest BCUT2D eigenvalue weighted by Gasteiger charge is -2.25. The van der Waals surface area contributed by atoms with Gasteiger partial charge in [0.2, 0.25) is 0 Å². The second-order valence-electron chi connectivity index (χ2n) is 6.17. The molecule has 2 atom stereocenters. The van der Waals surface area contributed by atoms with E-state index < -0.39 is 0 Å². The summed E-state index contributed by atoms with van der Waals surface area (Å²) >= 11 is 0. The summed E-state index contributed by atoms with van der Waals surface area (Å²) in [6.07, 6.45) is 5.55. The number of hydrogen-bond donors (Lipinski definition) is 1. The number of fused-ring (bicyclic) bond motifs is 1. The van der Waals surface area contributed by atoms with E-state index in [0.717, 1.165) is 50.4 Å². The predicted octanol–water partition coefficient (Wildman–Crippen LogP) is 1.37. The van der Waals surface area contributed by atoms with E-state index in [9.17, 15) is 4.79 Å². The molecule has 1 aromatic rings. The minimum absolute atomic E-state index is 0.148. The molecule has 1 N–H and O–H groups in total. The van der Waals surface area contributed by atoms with Gasteiger partial charge in [-0.2, -0.15) is 0 Å². The van der Waals surface area contributed by atoms with Gasteiger partial charge in [0.25, 0.3) is 5.56 Å². The smallest absolute Gasteiger partial charge is 0.253 e. The molecule has 2 unspecified atom stereocenters. The van der Waals surface area contributed by atoms with Gasteiger partial charge in [0.1, 0.15) is 5.82 Å². The van der Waals surface area contributed by atoms with Crippen molar-refractivity contribution >= 4 is 0 Å². The molecule has 2 aliphatic heterocycles. The first-order valence-electron chi connectivity index (χ1n) is 7.52. The van der Waals surface area contributed by atoms with Crippen LogP contribution in [0.4, 0.5) is 0 Å². The van der Waals surface area contributed by atoms with Crippen LogP contribution in [0.15, 0.2) is 10.9 Å². The van der Waals surface area contributed by atoms with Gasteiger partial charge in [-0.1, -0.05) is 6.92 Å². The SMILES string of the molecule is CC1CCc2nc(CC3CCCNC3)cc(=O)n2C1. The van der Waals surface area contributed by atoms with Gasteiger partial charge < -0.3 is 5.32 Å². The van der Waals surface area contributed by atoms with Crippen molar-refractivity contribution in [2.24, 2.45) is 11.8 Å². The molecule has 3 heterocycles. The van der Waals surface area contributed by atoms with Crippen molar-refractivity contribution in [1.82, 2.24) is 14.9 Å². The van der Waals surface area contributed by atoms with Crippen LogP contribution < -0.4 is 10.9 Å². The Morgan fingerprint density at radius 3 is 3.16 bits per heavy atom. The second kappa shape index (κ2) is 5.45. The monoisotopic (exact) mass is 261 g/mol. The Hall–Kier alpha value is -1.16. The first-order chi connectivity index (χ1) is 9.22. The zero-order chi connectivity index (χ0) is 13.2. The Kier molecular flexibility index (Phi) is 3.69. The fourth-order valence-corrected chi connectivity index (χ4v) is 3.27. The van der Waals surface area contributed by atoms with Crippen LogP contribution in [-0.2, 0) is 19.4 Å². The Labute approximate surface area is 114 Å². The lowest BCUT2D eigenvalue weighted by atomic mass is 9.94. The van der Waals surface area contributed by atoms with Gasteiger partial charge in [0, 0.05) is 24.7 Å². The van der Waals surface area contributed by atoms with Gasteiger partial charge in [-0.05, 0) is 50.6 Å². The van der Waals surface area contributed by atoms with Crippen molar-refractivity contribution in [2.45, 2.75) is 45.6 Å². The Morgan fingerprint density at radius 1 is 1.47 bits per heavy atom. The van der Waals surface area contributed by atoms with Crippen LogP contribution in [0.5, 0.6) is 0 Å². The summed E-state index contributed by atoms with van der Waals surface area (Å²) in [5.41, 5.74) is 1.15.